The van der Waals surface area contributed by atoms with Crippen LogP contribution >= 0.6 is 0 Å². The molecule has 1 N–H and O–H groups in total. The Morgan fingerprint density at radius 3 is 2.42 bits per heavy atom. The third-order valence-electron chi connectivity index (χ3n) is 8.74. The van der Waals surface area contributed by atoms with Gasteiger partial charge < -0.3 is 38.9 Å². The van der Waals surface area contributed by atoms with E-state index in [1.165, 1.54) is 30.5 Å². The van der Waals surface area contributed by atoms with E-state index in [4.69, 9.17) is 14.2 Å². The van der Waals surface area contributed by atoms with Crippen LogP contribution in [0.1, 0.15) is 52.0 Å². The maximum absolute atomic E-state index is 14.2. The molecule has 248 valence electrons. The first kappa shape index (κ1) is 34.8. The molecule has 12 heteroatoms. The second-order valence-corrected chi connectivity index (χ2v) is 14.7. The number of hydrogen-bond acceptors (Lipinski definition) is 9. The standard InChI is InChI=1S/C33H46N2O9S/c1-23(36)9-8-17-33(2,3)22-34(45(40,41)26-14-12-25(42-4)13-15-26)20-30(37)28(19-24-10-6-5-7-11-24)35(32(38)39)29-21-44-31-27(29)16-18-43-31/h5-7,10-15,27-31,37H,8-9,16-22H2,1-4H3,(H,38,39)/p-1/t27-,28-,29-,30+,31+/m0/s1. The van der Waals surface area contributed by atoms with Crippen LogP contribution in [0, 0.1) is 11.3 Å². The molecule has 1 amide bonds. The molecule has 0 spiro atoms. The number of benzene rings is 2. The Bertz CT molecular complexity index is 1380. The number of fused-ring (bicyclic) bond motifs is 1. The molecule has 0 unspecified atom stereocenters. The zero-order valence-electron chi connectivity index (χ0n) is 26.5. The van der Waals surface area contributed by atoms with Crippen LogP contribution < -0.4 is 9.84 Å². The number of ketones is 1. The largest absolute Gasteiger partial charge is 0.530 e. The van der Waals surface area contributed by atoms with Crippen LogP contribution in [-0.2, 0) is 30.7 Å². The van der Waals surface area contributed by atoms with Crippen molar-refractivity contribution in [3.05, 3.63) is 60.2 Å². The number of carboxylic acid groups (broad SMARTS) is 1. The van der Waals surface area contributed by atoms with Gasteiger partial charge in [0.2, 0.25) is 10.0 Å². The number of aliphatic hydroxyl groups excluding tert-OH is 1. The van der Waals surface area contributed by atoms with Crippen molar-refractivity contribution in [2.24, 2.45) is 11.3 Å². The minimum atomic E-state index is -4.16. The smallest absolute Gasteiger partial charge is 0.243 e. The summed E-state index contributed by atoms with van der Waals surface area (Å²) in [6.07, 6.45) is -1.17. The number of rotatable bonds is 16. The molecule has 2 aliphatic heterocycles. The number of carbonyl (C=O) groups is 2. The highest BCUT2D eigenvalue weighted by molar-refractivity contribution is 7.89. The van der Waals surface area contributed by atoms with Crippen LogP contribution in [0.5, 0.6) is 5.75 Å². The fraction of sp³-hybridized carbons (Fsp3) is 0.576. The number of Topliss-reactive ketones (excluding diaryl/α,β-unsaturated/α-hetero) is 1. The van der Waals surface area contributed by atoms with Gasteiger partial charge in [-0.05, 0) is 67.9 Å². The van der Waals surface area contributed by atoms with Crippen molar-refractivity contribution in [3.8, 4) is 5.75 Å². The maximum atomic E-state index is 14.2. The maximum Gasteiger partial charge on any atom is 0.243 e. The van der Waals surface area contributed by atoms with Gasteiger partial charge in [0.1, 0.15) is 17.6 Å². The Kier molecular flexibility index (Phi) is 11.6. The minimum absolute atomic E-state index is 0.0153. The predicted octanol–water partition coefficient (Wildman–Crippen LogP) is 2.85. The monoisotopic (exact) mass is 645 g/mol. The number of carbonyl (C=O) groups excluding carboxylic acids is 2. The molecule has 5 atom stereocenters. The summed E-state index contributed by atoms with van der Waals surface area (Å²) in [5.74, 6) is 0.319. The summed E-state index contributed by atoms with van der Waals surface area (Å²) in [6, 6.07) is 13.5. The highest BCUT2D eigenvalue weighted by Crippen LogP contribution is 2.36. The third kappa shape index (κ3) is 8.82. The Balaban J connectivity index is 1.69. The highest BCUT2D eigenvalue weighted by atomic mass is 32.2. The van der Waals surface area contributed by atoms with Crippen LogP contribution in [0.3, 0.4) is 0 Å². The molecule has 11 nitrogen and oxygen atoms in total. The van der Waals surface area contributed by atoms with Crippen molar-refractivity contribution >= 4 is 21.9 Å². The van der Waals surface area contributed by atoms with E-state index in [2.05, 4.69) is 0 Å². The number of amides is 1. The van der Waals surface area contributed by atoms with Gasteiger partial charge in [-0.1, -0.05) is 44.2 Å². The Labute approximate surface area is 266 Å². The van der Waals surface area contributed by atoms with Crippen molar-refractivity contribution in [1.29, 1.82) is 0 Å². The molecule has 0 aliphatic carbocycles. The molecule has 45 heavy (non-hydrogen) atoms. The number of hydrogen-bond donors (Lipinski definition) is 1. The van der Waals surface area contributed by atoms with E-state index >= 15 is 0 Å². The minimum Gasteiger partial charge on any atom is -0.530 e. The zero-order chi connectivity index (χ0) is 32.8. The van der Waals surface area contributed by atoms with E-state index in [0.717, 1.165) is 10.5 Å². The number of nitrogens with zero attached hydrogens (tertiary/aromatic N) is 2. The van der Waals surface area contributed by atoms with E-state index < -0.39 is 46.0 Å². The molecule has 2 aromatic rings. The van der Waals surface area contributed by atoms with Gasteiger partial charge in [0, 0.05) is 25.4 Å². The number of aliphatic hydroxyl groups is 1. The first-order valence-electron chi connectivity index (χ1n) is 15.4. The van der Waals surface area contributed by atoms with Crippen molar-refractivity contribution in [3.63, 3.8) is 0 Å². The van der Waals surface area contributed by atoms with Crippen molar-refractivity contribution in [1.82, 2.24) is 9.21 Å². The first-order valence-corrected chi connectivity index (χ1v) is 16.8. The summed E-state index contributed by atoms with van der Waals surface area (Å²) in [5, 5.41) is 24.7. The summed E-state index contributed by atoms with van der Waals surface area (Å²) in [4.78, 5) is 25.6. The number of ether oxygens (including phenoxy) is 3. The quantitative estimate of drug-likeness (QED) is 0.291. The molecule has 0 saturated carbocycles. The third-order valence-corrected chi connectivity index (χ3v) is 10.6. The van der Waals surface area contributed by atoms with Crippen LogP contribution in [0.4, 0.5) is 4.79 Å². The van der Waals surface area contributed by atoms with Gasteiger partial charge in [0.05, 0.1) is 43.4 Å². The van der Waals surface area contributed by atoms with E-state index in [-0.39, 0.29) is 42.7 Å². The fourth-order valence-corrected chi connectivity index (χ4v) is 8.01. The Hall–Kier alpha value is -3.03. The van der Waals surface area contributed by atoms with Gasteiger partial charge in [-0.25, -0.2) is 8.42 Å². The van der Waals surface area contributed by atoms with Gasteiger partial charge in [-0.2, -0.15) is 4.31 Å². The van der Waals surface area contributed by atoms with Gasteiger partial charge in [0.15, 0.2) is 6.29 Å². The lowest BCUT2D eigenvalue weighted by atomic mass is 9.86. The Morgan fingerprint density at radius 1 is 1.11 bits per heavy atom. The lowest BCUT2D eigenvalue weighted by Gasteiger charge is -2.43. The normalized spacial score (nSPS) is 21.3. The van der Waals surface area contributed by atoms with Gasteiger partial charge in [0.25, 0.3) is 0 Å². The molecule has 4 rings (SSSR count). The molecule has 2 aromatic carbocycles. The average molecular weight is 646 g/mol. The zero-order valence-corrected chi connectivity index (χ0v) is 27.3. The van der Waals surface area contributed by atoms with Gasteiger partial charge in [-0.3, -0.25) is 0 Å². The van der Waals surface area contributed by atoms with Crippen LogP contribution in [-0.4, -0.2) is 92.5 Å². The second-order valence-electron chi connectivity index (χ2n) is 12.8. The van der Waals surface area contributed by atoms with E-state index in [1.807, 2.05) is 44.2 Å². The van der Waals surface area contributed by atoms with Crippen LogP contribution in [0.2, 0.25) is 0 Å². The SMILES string of the molecule is COc1ccc(S(=O)(=O)N(C[C@@H](O)[C@H](Cc2ccccc2)N(C(=O)[O-])[C@H]2CO[C@H]3OCC[C@H]32)CC(C)(C)CCCC(C)=O)cc1. The molecule has 2 aliphatic rings. The average Bonchev–Trinajstić information content (AvgIpc) is 3.61. The van der Waals surface area contributed by atoms with Gasteiger partial charge >= 0.3 is 0 Å². The summed E-state index contributed by atoms with van der Waals surface area (Å²) in [7, 11) is -2.67. The van der Waals surface area contributed by atoms with Crippen LogP contribution in [0.25, 0.3) is 0 Å². The van der Waals surface area contributed by atoms with E-state index in [0.29, 0.717) is 38.0 Å². The number of methoxy groups -OCH3 is 1. The predicted molar refractivity (Wildman–Crippen MR) is 165 cm³/mol. The molecule has 2 saturated heterocycles. The summed E-state index contributed by atoms with van der Waals surface area (Å²) < 4.78 is 46.1. The Morgan fingerprint density at radius 2 is 1.80 bits per heavy atom. The molecule has 2 fully saturated rings. The topological polar surface area (TPSA) is 146 Å². The van der Waals surface area contributed by atoms with E-state index in [9.17, 15) is 28.2 Å². The summed E-state index contributed by atoms with van der Waals surface area (Å²) in [5.41, 5.74) is 0.214. The summed E-state index contributed by atoms with van der Waals surface area (Å²) in [6.45, 7) is 5.54. The number of sulfonamides is 1. The lowest BCUT2D eigenvalue weighted by Crippen LogP contribution is -2.61. The lowest BCUT2D eigenvalue weighted by molar-refractivity contribution is -0.273. The molecule has 0 bridgehead atoms. The van der Waals surface area contributed by atoms with Crippen LogP contribution in [0.15, 0.2) is 59.5 Å². The van der Waals surface area contributed by atoms with Crippen molar-refractivity contribution in [2.75, 3.05) is 33.4 Å². The molecule has 0 radical (unpaired) electrons. The molecule has 0 aromatic heterocycles. The fourth-order valence-electron chi connectivity index (χ4n) is 6.37. The molecular formula is C33H45N2O9S-. The molecular weight excluding hydrogens is 600 g/mol. The molecule has 2 heterocycles. The van der Waals surface area contributed by atoms with Crippen molar-refractivity contribution in [2.45, 2.75) is 82.2 Å². The van der Waals surface area contributed by atoms with Gasteiger partial charge in [-0.15, -0.1) is 0 Å². The summed E-state index contributed by atoms with van der Waals surface area (Å²) >= 11 is 0. The second kappa shape index (κ2) is 15.0. The van der Waals surface area contributed by atoms with E-state index in [1.54, 1.807) is 12.1 Å². The van der Waals surface area contributed by atoms with Crippen molar-refractivity contribution < 1.29 is 42.4 Å². The highest BCUT2D eigenvalue weighted by Gasteiger charge is 2.47. The first-order chi connectivity index (χ1) is 21.3.